The normalized spacial score (nSPS) is 22.6. The topological polar surface area (TPSA) is 86.7 Å². The maximum atomic E-state index is 12.6. The van der Waals surface area contributed by atoms with Crippen LogP contribution >= 0.6 is 15.9 Å². The van der Waals surface area contributed by atoms with Crippen LogP contribution in [0.3, 0.4) is 0 Å². The largest absolute Gasteiger partial charge is 0.480 e. The van der Waals surface area contributed by atoms with Gasteiger partial charge in [0.1, 0.15) is 11.5 Å². The summed E-state index contributed by atoms with van der Waals surface area (Å²) >= 11 is 3.42. The number of nitrogens with zero attached hydrogens (tertiary/aromatic N) is 1. The molecule has 2 N–H and O–H groups in total. The summed E-state index contributed by atoms with van der Waals surface area (Å²) < 4.78 is 0.789. The van der Waals surface area contributed by atoms with Crippen molar-refractivity contribution in [3.05, 3.63) is 28.7 Å². The molecule has 2 amide bonds. The van der Waals surface area contributed by atoms with E-state index in [1.807, 2.05) is 24.3 Å². The van der Waals surface area contributed by atoms with Crippen LogP contribution in [0.4, 0.5) is 5.69 Å². The molecule has 1 aliphatic carbocycles. The highest BCUT2D eigenvalue weighted by Gasteiger charge is 2.46. The lowest BCUT2D eigenvalue weighted by Gasteiger charge is -2.26. The predicted octanol–water partition coefficient (Wildman–Crippen LogP) is 2.32. The van der Waals surface area contributed by atoms with Crippen molar-refractivity contribution in [2.24, 2.45) is 5.92 Å². The van der Waals surface area contributed by atoms with Crippen LogP contribution in [0.2, 0.25) is 0 Å². The molecular formula is C17H19BrN2O4. The van der Waals surface area contributed by atoms with Gasteiger partial charge in [0.15, 0.2) is 0 Å². The van der Waals surface area contributed by atoms with E-state index in [9.17, 15) is 19.5 Å². The van der Waals surface area contributed by atoms with E-state index < -0.39 is 23.3 Å². The number of hydrogen-bond acceptors (Lipinski definition) is 3. The van der Waals surface area contributed by atoms with E-state index in [-0.39, 0.29) is 5.91 Å². The Morgan fingerprint density at radius 1 is 1.25 bits per heavy atom. The van der Waals surface area contributed by atoms with Gasteiger partial charge in [-0.05, 0) is 47.3 Å². The number of carboxylic acids is 1. The van der Waals surface area contributed by atoms with E-state index in [2.05, 4.69) is 21.2 Å². The zero-order chi connectivity index (χ0) is 17.3. The van der Waals surface area contributed by atoms with Crippen molar-refractivity contribution in [2.75, 3.05) is 11.4 Å². The molecular weight excluding hydrogens is 376 g/mol. The second-order valence-corrected chi connectivity index (χ2v) is 7.22. The third kappa shape index (κ3) is 2.92. The third-order valence-electron chi connectivity index (χ3n) is 4.89. The van der Waals surface area contributed by atoms with E-state index in [1.54, 1.807) is 4.90 Å². The van der Waals surface area contributed by atoms with Crippen molar-refractivity contribution >= 4 is 39.4 Å². The van der Waals surface area contributed by atoms with Gasteiger partial charge in [0.2, 0.25) is 11.8 Å². The van der Waals surface area contributed by atoms with E-state index >= 15 is 0 Å². The smallest absolute Gasteiger partial charge is 0.329 e. The number of halogens is 1. The van der Waals surface area contributed by atoms with E-state index in [1.165, 1.54) is 0 Å². The average molecular weight is 395 g/mol. The SMILES string of the molecule is O=C(NC1(C(=O)O)CCCC1)[C@@H]1CCN(c2ccccc2Br)C1=O. The highest BCUT2D eigenvalue weighted by Crippen LogP contribution is 2.33. The Hall–Kier alpha value is -1.89. The van der Waals surface area contributed by atoms with Gasteiger partial charge in [-0.25, -0.2) is 4.79 Å². The minimum Gasteiger partial charge on any atom is -0.480 e. The zero-order valence-corrected chi connectivity index (χ0v) is 14.7. The number of nitrogens with one attached hydrogen (secondary N) is 1. The molecule has 0 unspecified atom stereocenters. The van der Waals surface area contributed by atoms with Gasteiger partial charge >= 0.3 is 5.97 Å². The Kier molecular flexibility index (Phi) is 4.62. The molecule has 0 aromatic heterocycles. The van der Waals surface area contributed by atoms with Crippen LogP contribution < -0.4 is 10.2 Å². The average Bonchev–Trinajstić information content (AvgIpc) is 3.16. The van der Waals surface area contributed by atoms with Crippen LogP contribution in [0.5, 0.6) is 0 Å². The lowest BCUT2D eigenvalue weighted by Crippen LogP contribution is -2.54. The Balaban J connectivity index is 1.74. The maximum absolute atomic E-state index is 12.6. The quantitative estimate of drug-likeness (QED) is 0.767. The van der Waals surface area contributed by atoms with E-state index in [0.29, 0.717) is 25.8 Å². The molecule has 0 bridgehead atoms. The van der Waals surface area contributed by atoms with Gasteiger partial charge in [0.05, 0.1) is 5.69 Å². The number of anilines is 1. The number of carbonyl (C=O) groups is 3. The molecule has 1 saturated heterocycles. The molecule has 1 saturated carbocycles. The van der Waals surface area contributed by atoms with Crippen LogP contribution in [0, 0.1) is 5.92 Å². The Morgan fingerprint density at radius 3 is 2.54 bits per heavy atom. The summed E-state index contributed by atoms with van der Waals surface area (Å²) in [7, 11) is 0. The lowest BCUT2D eigenvalue weighted by atomic mass is 9.96. The fraction of sp³-hybridized carbons (Fsp3) is 0.471. The number of hydrogen-bond donors (Lipinski definition) is 2. The number of para-hydroxylation sites is 1. The summed E-state index contributed by atoms with van der Waals surface area (Å²) in [6, 6.07) is 7.35. The molecule has 6 nitrogen and oxygen atoms in total. The highest BCUT2D eigenvalue weighted by atomic mass is 79.9. The van der Waals surface area contributed by atoms with Crippen molar-refractivity contribution in [3.63, 3.8) is 0 Å². The third-order valence-corrected chi connectivity index (χ3v) is 5.56. The molecule has 24 heavy (non-hydrogen) atoms. The maximum Gasteiger partial charge on any atom is 0.329 e. The number of carboxylic acid groups (broad SMARTS) is 1. The number of rotatable bonds is 4. The van der Waals surface area contributed by atoms with Crippen LogP contribution in [0.1, 0.15) is 32.1 Å². The van der Waals surface area contributed by atoms with Crippen LogP contribution in [0.25, 0.3) is 0 Å². The fourth-order valence-electron chi connectivity index (χ4n) is 3.53. The second kappa shape index (κ2) is 6.55. The van der Waals surface area contributed by atoms with Crippen molar-refractivity contribution in [1.29, 1.82) is 0 Å². The van der Waals surface area contributed by atoms with Crippen LogP contribution in [-0.4, -0.2) is 35.0 Å². The van der Waals surface area contributed by atoms with E-state index in [0.717, 1.165) is 23.0 Å². The minimum absolute atomic E-state index is 0.280. The summed E-state index contributed by atoms with van der Waals surface area (Å²) in [6.45, 7) is 0.444. The summed E-state index contributed by atoms with van der Waals surface area (Å²) in [5, 5.41) is 12.1. The number of amides is 2. The van der Waals surface area contributed by atoms with Crippen LogP contribution in [-0.2, 0) is 14.4 Å². The molecule has 3 rings (SSSR count). The van der Waals surface area contributed by atoms with Gasteiger partial charge in [-0.3, -0.25) is 9.59 Å². The summed E-state index contributed by atoms with van der Waals surface area (Å²) in [5.41, 5.74) is -0.482. The first-order valence-electron chi connectivity index (χ1n) is 8.06. The van der Waals surface area contributed by atoms with E-state index in [4.69, 9.17) is 0 Å². The highest BCUT2D eigenvalue weighted by molar-refractivity contribution is 9.10. The van der Waals surface area contributed by atoms with Crippen LogP contribution in [0.15, 0.2) is 28.7 Å². The molecule has 1 aromatic rings. The number of aliphatic carboxylic acids is 1. The second-order valence-electron chi connectivity index (χ2n) is 6.37. The Bertz CT molecular complexity index is 685. The molecule has 0 spiro atoms. The Morgan fingerprint density at radius 2 is 1.92 bits per heavy atom. The van der Waals surface area contributed by atoms with Crippen molar-refractivity contribution in [3.8, 4) is 0 Å². The summed E-state index contributed by atoms with van der Waals surface area (Å²) in [4.78, 5) is 38.3. The van der Waals surface area contributed by atoms with Gasteiger partial charge in [0.25, 0.3) is 0 Å². The molecule has 2 fully saturated rings. The van der Waals surface area contributed by atoms with Crippen molar-refractivity contribution < 1.29 is 19.5 Å². The molecule has 1 aliphatic heterocycles. The van der Waals surface area contributed by atoms with Gasteiger partial charge in [-0.2, -0.15) is 0 Å². The zero-order valence-electron chi connectivity index (χ0n) is 13.1. The molecule has 128 valence electrons. The summed E-state index contributed by atoms with van der Waals surface area (Å²) in [5.74, 6) is -2.59. The molecule has 1 heterocycles. The molecule has 2 aliphatic rings. The summed E-state index contributed by atoms with van der Waals surface area (Å²) in [6.07, 6.45) is 2.77. The number of benzene rings is 1. The fourth-order valence-corrected chi connectivity index (χ4v) is 4.03. The van der Waals surface area contributed by atoms with Gasteiger partial charge in [-0.15, -0.1) is 0 Å². The first-order chi connectivity index (χ1) is 11.4. The van der Waals surface area contributed by atoms with Crippen molar-refractivity contribution in [2.45, 2.75) is 37.6 Å². The molecule has 1 atom stereocenters. The minimum atomic E-state index is -1.21. The first kappa shape index (κ1) is 17.0. The first-order valence-corrected chi connectivity index (χ1v) is 8.85. The molecule has 7 heteroatoms. The predicted molar refractivity (Wildman–Crippen MR) is 91.6 cm³/mol. The monoisotopic (exact) mass is 394 g/mol. The van der Waals surface area contributed by atoms with Gasteiger partial charge < -0.3 is 15.3 Å². The standard InChI is InChI=1S/C17H19BrN2O4/c18-12-5-1-2-6-13(12)20-10-7-11(15(20)22)14(21)19-17(16(23)24)8-3-4-9-17/h1-2,5-6,11H,3-4,7-10H2,(H,19,21)(H,23,24)/t11-/m0/s1. The van der Waals surface area contributed by atoms with Crippen molar-refractivity contribution in [1.82, 2.24) is 5.32 Å². The Labute approximate surface area is 148 Å². The van der Waals surface area contributed by atoms with Gasteiger partial charge in [-0.1, -0.05) is 25.0 Å². The molecule has 0 radical (unpaired) electrons. The number of carbonyl (C=O) groups excluding carboxylic acids is 2. The molecule has 1 aromatic carbocycles. The lowest BCUT2D eigenvalue weighted by molar-refractivity contribution is -0.148. The van der Waals surface area contributed by atoms with Gasteiger partial charge in [0, 0.05) is 11.0 Å².